The van der Waals surface area contributed by atoms with E-state index >= 15 is 0 Å². The van der Waals surface area contributed by atoms with Gasteiger partial charge >= 0.3 is 0 Å². The summed E-state index contributed by atoms with van der Waals surface area (Å²) in [6.45, 7) is -0.397. The number of benzene rings is 2. The summed E-state index contributed by atoms with van der Waals surface area (Å²) in [6.07, 6.45) is 4.22. The molecule has 0 saturated carbocycles. The van der Waals surface area contributed by atoms with Crippen LogP contribution in [0, 0.1) is 17.5 Å². The highest BCUT2D eigenvalue weighted by atomic mass is 19.2. The van der Waals surface area contributed by atoms with Crippen LogP contribution in [0.25, 0.3) is 0 Å². The molecule has 1 aliphatic rings. The summed E-state index contributed by atoms with van der Waals surface area (Å²) in [5.41, 5.74) is 8.68. The summed E-state index contributed by atoms with van der Waals surface area (Å²) in [5.74, 6) is -5.11. The van der Waals surface area contributed by atoms with Crippen molar-refractivity contribution in [2.75, 3.05) is 17.2 Å². The third-order valence-corrected chi connectivity index (χ3v) is 4.36. The van der Waals surface area contributed by atoms with Crippen molar-refractivity contribution in [2.24, 2.45) is 10.7 Å². The van der Waals surface area contributed by atoms with Crippen molar-refractivity contribution in [3.63, 3.8) is 0 Å². The zero-order chi connectivity index (χ0) is 19.4. The Kier molecular flexibility index (Phi) is 5.63. The Morgan fingerprint density at radius 1 is 1.00 bits per heavy atom. The summed E-state index contributed by atoms with van der Waals surface area (Å²) in [4.78, 5) is 15.8. The Morgan fingerprint density at radius 2 is 1.78 bits per heavy atom. The summed E-state index contributed by atoms with van der Waals surface area (Å²) < 4.78 is 39.6. The van der Waals surface area contributed by atoms with Gasteiger partial charge in [0.2, 0.25) is 5.91 Å². The molecule has 0 fully saturated rings. The SMILES string of the molecule is NC(=NCC(=O)Nc1ccc(F)c(F)c1F)Nc1cccc2c1CCCC2. The molecule has 2 aromatic rings. The van der Waals surface area contributed by atoms with E-state index in [1.165, 1.54) is 11.1 Å². The maximum atomic E-state index is 13.6. The first kappa shape index (κ1) is 18.8. The Bertz CT molecular complexity index is 899. The van der Waals surface area contributed by atoms with Crippen LogP contribution < -0.4 is 16.4 Å². The number of amides is 1. The van der Waals surface area contributed by atoms with Crippen LogP contribution in [0.15, 0.2) is 35.3 Å². The van der Waals surface area contributed by atoms with E-state index < -0.39 is 35.6 Å². The number of guanidine groups is 1. The van der Waals surface area contributed by atoms with Crippen molar-refractivity contribution in [1.29, 1.82) is 0 Å². The summed E-state index contributed by atoms with van der Waals surface area (Å²) in [7, 11) is 0. The molecule has 0 spiro atoms. The minimum absolute atomic E-state index is 0.0369. The zero-order valence-electron chi connectivity index (χ0n) is 14.5. The van der Waals surface area contributed by atoms with E-state index in [9.17, 15) is 18.0 Å². The predicted octanol–water partition coefficient (Wildman–Crippen LogP) is 3.35. The first-order valence-electron chi connectivity index (χ1n) is 8.56. The second kappa shape index (κ2) is 8.11. The van der Waals surface area contributed by atoms with Gasteiger partial charge in [-0.3, -0.25) is 4.79 Å². The number of fused-ring (bicyclic) bond motifs is 1. The number of nitrogens with zero attached hydrogens (tertiary/aromatic N) is 1. The van der Waals surface area contributed by atoms with Crippen molar-refractivity contribution in [2.45, 2.75) is 25.7 Å². The van der Waals surface area contributed by atoms with Gasteiger partial charge in [0.1, 0.15) is 6.54 Å². The lowest BCUT2D eigenvalue weighted by Crippen LogP contribution is -2.26. The topological polar surface area (TPSA) is 79.5 Å². The van der Waals surface area contributed by atoms with Crippen LogP contribution in [0.4, 0.5) is 24.5 Å². The number of hydrogen-bond donors (Lipinski definition) is 3. The number of halogens is 3. The van der Waals surface area contributed by atoms with E-state index in [1.807, 2.05) is 12.1 Å². The average molecular weight is 376 g/mol. The molecule has 0 aliphatic heterocycles. The molecular weight excluding hydrogens is 357 g/mol. The zero-order valence-corrected chi connectivity index (χ0v) is 14.5. The van der Waals surface area contributed by atoms with Crippen molar-refractivity contribution < 1.29 is 18.0 Å². The normalized spacial score (nSPS) is 13.8. The summed E-state index contributed by atoms with van der Waals surface area (Å²) in [6, 6.07) is 7.57. The fourth-order valence-corrected chi connectivity index (χ4v) is 3.05. The number of aryl methyl sites for hydroxylation is 1. The molecule has 1 aliphatic carbocycles. The highest BCUT2D eigenvalue weighted by molar-refractivity contribution is 5.97. The predicted molar refractivity (Wildman–Crippen MR) is 98.1 cm³/mol. The van der Waals surface area contributed by atoms with Crippen molar-refractivity contribution >= 4 is 23.2 Å². The maximum Gasteiger partial charge on any atom is 0.246 e. The molecule has 0 aromatic heterocycles. The number of carbonyl (C=O) groups is 1. The monoisotopic (exact) mass is 376 g/mol. The molecule has 142 valence electrons. The Balaban J connectivity index is 1.63. The van der Waals surface area contributed by atoms with Crippen molar-refractivity contribution in [3.8, 4) is 0 Å². The molecule has 27 heavy (non-hydrogen) atoms. The second-order valence-electron chi connectivity index (χ2n) is 6.25. The van der Waals surface area contributed by atoms with E-state index in [0.717, 1.165) is 43.5 Å². The van der Waals surface area contributed by atoms with Gasteiger partial charge in [-0.25, -0.2) is 18.2 Å². The van der Waals surface area contributed by atoms with E-state index in [1.54, 1.807) is 0 Å². The lowest BCUT2D eigenvalue weighted by molar-refractivity contribution is -0.114. The quantitative estimate of drug-likeness (QED) is 0.435. The molecule has 0 bridgehead atoms. The molecule has 3 rings (SSSR count). The van der Waals surface area contributed by atoms with Crippen LogP contribution >= 0.6 is 0 Å². The first-order valence-corrected chi connectivity index (χ1v) is 8.56. The van der Waals surface area contributed by atoms with Gasteiger partial charge < -0.3 is 16.4 Å². The van der Waals surface area contributed by atoms with Crippen LogP contribution in [0.5, 0.6) is 0 Å². The van der Waals surface area contributed by atoms with Crippen LogP contribution in [0.1, 0.15) is 24.0 Å². The van der Waals surface area contributed by atoms with E-state index in [0.29, 0.717) is 0 Å². The van der Waals surface area contributed by atoms with E-state index in [-0.39, 0.29) is 5.96 Å². The minimum atomic E-state index is -1.65. The van der Waals surface area contributed by atoms with Gasteiger partial charge in [0.25, 0.3) is 0 Å². The molecule has 5 nitrogen and oxygen atoms in total. The first-order chi connectivity index (χ1) is 13.0. The number of hydrogen-bond acceptors (Lipinski definition) is 2. The largest absolute Gasteiger partial charge is 0.370 e. The molecule has 8 heteroatoms. The van der Waals surface area contributed by atoms with Crippen LogP contribution in [0.3, 0.4) is 0 Å². The molecule has 0 saturated heterocycles. The fraction of sp³-hybridized carbons (Fsp3) is 0.263. The Morgan fingerprint density at radius 3 is 2.59 bits per heavy atom. The van der Waals surface area contributed by atoms with Crippen LogP contribution in [-0.2, 0) is 17.6 Å². The van der Waals surface area contributed by atoms with Gasteiger partial charge in [-0.2, -0.15) is 0 Å². The van der Waals surface area contributed by atoms with Gasteiger partial charge in [0.05, 0.1) is 5.69 Å². The molecule has 0 heterocycles. The third kappa shape index (κ3) is 4.39. The smallest absolute Gasteiger partial charge is 0.246 e. The van der Waals surface area contributed by atoms with Crippen molar-refractivity contribution in [3.05, 3.63) is 58.9 Å². The van der Waals surface area contributed by atoms with Gasteiger partial charge in [-0.15, -0.1) is 0 Å². The molecule has 0 unspecified atom stereocenters. The second-order valence-corrected chi connectivity index (χ2v) is 6.25. The average Bonchev–Trinajstić information content (AvgIpc) is 2.67. The van der Waals surface area contributed by atoms with E-state index in [4.69, 9.17) is 5.73 Å². The van der Waals surface area contributed by atoms with Gasteiger partial charge in [-0.05, 0) is 55.0 Å². The van der Waals surface area contributed by atoms with Gasteiger partial charge in [0, 0.05) is 5.69 Å². The highest BCUT2D eigenvalue weighted by Crippen LogP contribution is 2.27. The number of anilines is 2. The number of nitrogens with two attached hydrogens (primary N) is 1. The van der Waals surface area contributed by atoms with Gasteiger partial charge in [-0.1, -0.05) is 12.1 Å². The molecule has 4 N–H and O–H groups in total. The summed E-state index contributed by atoms with van der Waals surface area (Å²) >= 11 is 0. The highest BCUT2D eigenvalue weighted by Gasteiger charge is 2.16. The lowest BCUT2D eigenvalue weighted by Gasteiger charge is -2.19. The number of aliphatic imine (C=N–C) groups is 1. The van der Waals surface area contributed by atoms with E-state index in [2.05, 4.69) is 21.7 Å². The molecule has 0 atom stereocenters. The molecule has 1 amide bonds. The lowest BCUT2D eigenvalue weighted by atomic mass is 9.90. The van der Waals surface area contributed by atoms with Gasteiger partial charge in [0.15, 0.2) is 23.4 Å². The number of nitrogens with one attached hydrogen (secondary N) is 2. The third-order valence-electron chi connectivity index (χ3n) is 4.36. The molecule has 0 radical (unpaired) electrons. The number of rotatable bonds is 4. The molecular formula is C19H19F3N4O. The van der Waals surface area contributed by atoms with Crippen LogP contribution in [0.2, 0.25) is 0 Å². The maximum absolute atomic E-state index is 13.6. The van der Waals surface area contributed by atoms with Crippen LogP contribution in [-0.4, -0.2) is 18.4 Å². The Labute approximate surface area is 154 Å². The Hall–Kier alpha value is -3.03. The summed E-state index contributed by atoms with van der Waals surface area (Å²) in [5, 5.41) is 5.12. The number of carbonyl (C=O) groups excluding carboxylic acids is 1. The fourth-order valence-electron chi connectivity index (χ4n) is 3.05. The van der Waals surface area contributed by atoms with Crippen molar-refractivity contribution in [1.82, 2.24) is 0 Å². The minimum Gasteiger partial charge on any atom is -0.370 e. The standard InChI is InChI=1S/C19H19F3N4O/c20-13-8-9-15(18(22)17(13)21)25-16(27)10-24-19(23)26-14-7-3-5-11-4-1-2-6-12(11)14/h3,5,7-9H,1-2,4,6,10H2,(H,25,27)(H3,23,24,26). The molecule has 2 aromatic carbocycles.